The van der Waals surface area contributed by atoms with Crippen LogP contribution in [-0.2, 0) is 4.79 Å². The van der Waals surface area contributed by atoms with Crippen LogP contribution in [0.1, 0.15) is 50.2 Å². The van der Waals surface area contributed by atoms with Gasteiger partial charge in [-0.15, -0.1) is 0 Å². The Morgan fingerprint density at radius 3 is 2.52 bits per heavy atom. The van der Waals surface area contributed by atoms with Gasteiger partial charge in [-0.2, -0.15) is 0 Å². The highest BCUT2D eigenvalue weighted by atomic mass is 16.1. The van der Waals surface area contributed by atoms with E-state index in [4.69, 9.17) is 0 Å². The Kier molecular flexibility index (Phi) is 7.60. The fourth-order valence-corrected chi connectivity index (χ4v) is 3.33. The molecule has 162 valence electrons. The lowest BCUT2D eigenvalue weighted by molar-refractivity contribution is -0.116. The summed E-state index contributed by atoms with van der Waals surface area (Å²) in [4.78, 5) is 32.2. The average Bonchev–Trinajstić information content (AvgIpc) is 2.75. The van der Waals surface area contributed by atoms with E-state index in [0.717, 1.165) is 42.5 Å². The third kappa shape index (κ3) is 6.28. The van der Waals surface area contributed by atoms with Crippen LogP contribution in [0.5, 0.6) is 0 Å². The van der Waals surface area contributed by atoms with Crippen LogP contribution < -0.4 is 16.2 Å². The minimum atomic E-state index is -0.204. The lowest BCUT2D eigenvalue weighted by Crippen LogP contribution is -2.15. The van der Waals surface area contributed by atoms with E-state index in [1.54, 1.807) is 6.92 Å². The zero-order valence-corrected chi connectivity index (χ0v) is 18.4. The van der Waals surface area contributed by atoms with E-state index in [9.17, 15) is 9.59 Å². The Morgan fingerprint density at radius 2 is 1.77 bits per heavy atom. The number of rotatable bonds is 9. The minimum absolute atomic E-state index is 0.00516. The number of nitrogens with zero attached hydrogens (tertiary/aromatic N) is 1. The first-order valence-electron chi connectivity index (χ1n) is 10.8. The van der Waals surface area contributed by atoms with Gasteiger partial charge in [-0.05, 0) is 44.5 Å². The molecule has 0 aliphatic rings. The van der Waals surface area contributed by atoms with Crippen molar-refractivity contribution < 1.29 is 4.79 Å². The Morgan fingerprint density at radius 1 is 1.00 bits per heavy atom. The standard InChI is InChI=1S/C25H30N4O2/c1-4-5-6-7-11-22(30)26-21-10-8-9-19(16-21)23-18(3)24(31)29-25(28-23)27-20-14-12-17(2)13-15-20/h8-10,12-16H,4-7,11H2,1-3H3,(H,26,30)(H2,27,28,29,31). The van der Waals surface area contributed by atoms with E-state index in [1.807, 2.05) is 55.5 Å². The van der Waals surface area contributed by atoms with Crippen molar-refractivity contribution in [2.24, 2.45) is 0 Å². The molecule has 0 aliphatic carbocycles. The summed E-state index contributed by atoms with van der Waals surface area (Å²) in [6.45, 7) is 5.92. The molecule has 3 N–H and O–H groups in total. The number of benzene rings is 2. The van der Waals surface area contributed by atoms with Crippen molar-refractivity contribution in [1.29, 1.82) is 0 Å². The number of hydrogen-bond acceptors (Lipinski definition) is 4. The Labute approximate surface area is 183 Å². The first-order valence-corrected chi connectivity index (χ1v) is 10.8. The highest BCUT2D eigenvalue weighted by molar-refractivity contribution is 5.91. The molecule has 2 aromatic carbocycles. The predicted octanol–water partition coefficient (Wildman–Crippen LogP) is 5.71. The number of hydrogen-bond donors (Lipinski definition) is 3. The molecule has 3 rings (SSSR count). The molecule has 0 saturated heterocycles. The number of H-pyrrole nitrogens is 1. The molecule has 6 heteroatoms. The summed E-state index contributed by atoms with van der Waals surface area (Å²) in [5, 5.41) is 6.11. The van der Waals surface area contributed by atoms with E-state index >= 15 is 0 Å². The monoisotopic (exact) mass is 418 g/mol. The molecule has 6 nitrogen and oxygen atoms in total. The Hall–Kier alpha value is -3.41. The quantitative estimate of drug-likeness (QED) is 0.389. The van der Waals surface area contributed by atoms with Crippen LogP contribution >= 0.6 is 0 Å². The molecule has 1 amide bonds. The molecule has 0 bridgehead atoms. The summed E-state index contributed by atoms with van der Waals surface area (Å²) in [6, 6.07) is 15.3. The molecular formula is C25H30N4O2. The molecule has 0 spiro atoms. The third-order valence-corrected chi connectivity index (χ3v) is 5.14. The number of aromatic nitrogens is 2. The van der Waals surface area contributed by atoms with Gasteiger partial charge in [-0.25, -0.2) is 4.98 Å². The zero-order valence-electron chi connectivity index (χ0n) is 18.4. The number of anilines is 3. The van der Waals surface area contributed by atoms with Crippen LogP contribution in [0, 0.1) is 13.8 Å². The number of nitrogens with one attached hydrogen (secondary N) is 3. The number of aromatic amines is 1. The number of carbonyl (C=O) groups is 1. The molecule has 0 saturated carbocycles. The lowest BCUT2D eigenvalue weighted by atomic mass is 10.1. The number of amides is 1. The van der Waals surface area contributed by atoms with Crippen molar-refractivity contribution in [3.8, 4) is 11.3 Å². The zero-order chi connectivity index (χ0) is 22.2. The van der Waals surface area contributed by atoms with Gasteiger partial charge >= 0.3 is 0 Å². The summed E-state index contributed by atoms with van der Waals surface area (Å²) in [5.74, 6) is 0.380. The fourth-order valence-electron chi connectivity index (χ4n) is 3.33. The van der Waals surface area contributed by atoms with Gasteiger partial charge < -0.3 is 10.6 Å². The van der Waals surface area contributed by atoms with Crippen molar-refractivity contribution in [3.63, 3.8) is 0 Å². The molecular weight excluding hydrogens is 388 g/mol. The molecule has 0 unspecified atom stereocenters. The first-order chi connectivity index (χ1) is 15.0. The molecule has 0 atom stereocenters. The molecule has 0 fully saturated rings. The second-order valence-electron chi connectivity index (χ2n) is 7.82. The van der Waals surface area contributed by atoms with Gasteiger partial charge in [-0.3, -0.25) is 14.6 Å². The van der Waals surface area contributed by atoms with Crippen LogP contribution in [0.2, 0.25) is 0 Å². The second-order valence-corrected chi connectivity index (χ2v) is 7.82. The largest absolute Gasteiger partial charge is 0.326 e. The highest BCUT2D eigenvalue weighted by Gasteiger charge is 2.12. The second kappa shape index (κ2) is 10.6. The van der Waals surface area contributed by atoms with Crippen molar-refractivity contribution in [2.75, 3.05) is 10.6 Å². The summed E-state index contributed by atoms with van der Waals surface area (Å²) < 4.78 is 0. The maximum Gasteiger partial charge on any atom is 0.255 e. The van der Waals surface area contributed by atoms with E-state index in [0.29, 0.717) is 29.3 Å². The van der Waals surface area contributed by atoms with Crippen LogP contribution in [0.4, 0.5) is 17.3 Å². The summed E-state index contributed by atoms with van der Waals surface area (Å²) in [7, 11) is 0. The van der Waals surface area contributed by atoms with Crippen molar-refractivity contribution in [3.05, 3.63) is 70.0 Å². The average molecular weight is 419 g/mol. The van der Waals surface area contributed by atoms with E-state index < -0.39 is 0 Å². The summed E-state index contributed by atoms with van der Waals surface area (Å²) in [6.07, 6.45) is 4.76. The SMILES string of the molecule is CCCCCCC(=O)Nc1cccc(-c2nc(Nc3ccc(C)cc3)[nH]c(=O)c2C)c1. The number of aryl methyl sites for hydroxylation is 1. The van der Waals surface area contributed by atoms with Crippen molar-refractivity contribution in [2.45, 2.75) is 52.9 Å². The van der Waals surface area contributed by atoms with Gasteiger partial charge in [0.15, 0.2) is 0 Å². The molecule has 31 heavy (non-hydrogen) atoms. The van der Waals surface area contributed by atoms with Crippen LogP contribution in [-0.4, -0.2) is 15.9 Å². The highest BCUT2D eigenvalue weighted by Crippen LogP contribution is 2.24. The fraction of sp³-hybridized carbons (Fsp3) is 0.320. The maximum absolute atomic E-state index is 12.5. The Bertz CT molecular complexity index is 1090. The topological polar surface area (TPSA) is 86.9 Å². The van der Waals surface area contributed by atoms with Gasteiger partial charge in [0.25, 0.3) is 5.56 Å². The number of carbonyl (C=O) groups excluding carboxylic acids is 1. The molecule has 0 radical (unpaired) electrons. The maximum atomic E-state index is 12.5. The van der Waals surface area contributed by atoms with Crippen LogP contribution in [0.15, 0.2) is 53.3 Å². The normalized spacial score (nSPS) is 10.7. The third-order valence-electron chi connectivity index (χ3n) is 5.14. The van der Waals surface area contributed by atoms with E-state index in [-0.39, 0.29) is 11.5 Å². The molecule has 1 aromatic heterocycles. The van der Waals surface area contributed by atoms with E-state index in [1.165, 1.54) is 0 Å². The van der Waals surface area contributed by atoms with Crippen molar-refractivity contribution >= 4 is 23.2 Å². The van der Waals surface area contributed by atoms with Gasteiger partial charge in [-0.1, -0.05) is 56.0 Å². The minimum Gasteiger partial charge on any atom is -0.326 e. The van der Waals surface area contributed by atoms with Gasteiger partial charge in [0, 0.05) is 28.9 Å². The lowest BCUT2D eigenvalue weighted by Gasteiger charge is -2.11. The van der Waals surface area contributed by atoms with Crippen LogP contribution in [0.25, 0.3) is 11.3 Å². The van der Waals surface area contributed by atoms with Gasteiger partial charge in [0.2, 0.25) is 11.9 Å². The summed E-state index contributed by atoms with van der Waals surface area (Å²) >= 11 is 0. The molecule has 1 heterocycles. The van der Waals surface area contributed by atoms with Gasteiger partial charge in [0.05, 0.1) is 5.69 Å². The van der Waals surface area contributed by atoms with Crippen LogP contribution in [0.3, 0.4) is 0 Å². The smallest absolute Gasteiger partial charge is 0.255 e. The number of unbranched alkanes of at least 4 members (excludes halogenated alkanes) is 3. The van der Waals surface area contributed by atoms with Gasteiger partial charge in [0.1, 0.15) is 0 Å². The summed E-state index contributed by atoms with van der Waals surface area (Å²) in [5.41, 5.74) is 4.38. The Balaban J connectivity index is 1.79. The predicted molar refractivity (Wildman–Crippen MR) is 127 cm³/mol. The molecule has 3 aromatic rings. The van der Waals surface area contributed by atoms with E-state index in [2.05, 4.69) is 27.5 Å². The first kappa shape index (κ1) is 22.3. The van der Waals surface area contributed by atoms with Crippen molar-refractivity contribution in [1.82, 2.24) is 9.97 Å². The molecule has 0 aliphatic heterocycles.